The molecule has 0 bridgehead atoms. The number of thioether (sulfide) groups is 1. The Balaban J connectivity index is 2.15. The second-order valence-electron chi connectivity index (χ2n) is 2.96. The summed E-state index contributed by atoms with van der Waals surface area (Å²) in [6.07, 6.45) is 4.63. The molecular weight excluding hydrogens is 206 g/mol. The van der Waals surface area contributed by atoms with Crippen molar-refractivity contribution in [2.45, 2.75) is 24.0 Å². The molecule has 2 nitrogen and oxygen atoms in total. The van der Waals surface area contributed by atoms with E-state index in [0.29, 0.717) is 17.0 Å². The molecule has 1 aliphatic carbocycles. The first-order valence-corrected chi connectivity index (χ1v) is 5.77. The Hall–Kier alpha value is -0.410. The monoisotopic (exact) mass is 215 g/mol. The van der Waals surface area contributed by atoms with E-state index >= 15 is 0 Å². The van der Waals surface area contributed by atoms with E-state index in [-0.39, 0.29) is 0 Å². The van der Waals surface area contributed by atoms with E-state index in [9.17, 15) is 0 Å². The zero-order valence-electron chi connectivity index (χ0n) is 7.29. The number of aromatic nitrogens is 1. The smallest absolute Gasteiger partial charge is 0.172 e. The average molecular weight is 216 g/mol. The molecule has 4 heteroatoms. The van der Waals surface area contributed by atoms with Gasteiger partial charge in [0.2, 0.25) is 0 Å². The first-order valence-electron chi connectivity index (χ1n) is 4.17. The molecule has 0 saturated heterocycles. The van der Waals surface area contributed by atoms with E-state index in [1.165, 1.54) is 0 Å². The number of halogens is 1. The minimum absolute atomic E-state index is 0.374. The number of pyridine rings is 1. The lowest BCUT2D eigenvalue weighted by atomic mass is 10.4. The molecular formula is C9H10ClNOS. The fourth-order valence-electron chi connectivity index (χ4n) is 0.972. The zero-order valence-corrected chi connectivity index (χ0v) is 8.86. The van der Waals surface area contributed by atoms with Crippen LogP contribution in [-0.2, 0) is 0 Å². The van der Waals surface area contributed by atoms with Crippen molar-refractivity contribution in [3.05, 3.63) is 17.3 Å². The Morgan fingerprint density at radius 2 is 2.31 bits per heavy atom. The number of hydrogen-bond acceptors (Lipinski definition) is 3. The van der Waals surface area contributed by atoms with Crippen LogP contribution in [0.15, 0.2) is 17.2 Å². The third-order valence-corrected chi connectivity index (χ3v) is 2.73. The molecule has 1 fully saturated rings. The lowest BCUT2D eigenvalue weighted by molar-refractivity contribution is 0.302. The van der Waals surface area contributed by atoms with Gasteiger partial charge in [0, 0.05) is 0 Å². The van der Waals surface area contributed by atoms with Crippen molar-refractivity contribution >= 4 is 23.4 Å². The minimum Gasteiger partial charge on any atom is -0.487 e. The van der Waals surface area contributed by atoms with Gasteiger partial charge in [-0.1, -0.05) is 11.6 Å². The van der Waals surface area contributed by atoms with Crippen molar-refractivity contribution in [1.82, 2.24) is 4.98 Å². The fraction of sp³-hybridized carbons (Fsp3) is 0.444. The predicted octanol–water partition coefficient (Wildman–Crippen LogP) is 3.00. The molecule has 1 aromatic rings. The van der Waals surface area contributed by atoms with Gasteiger partial charge in [0.25, 0.3) is 0 Å². The zero-order chi connectivity index (χ0) is 9.26. The summed E-state index contributed by atoms with van der Waals surface area (Å²) in [4.78, 5) is 4.18. The predicted molar refractivity (Wildman–Crippen MR) is 54.7 cm³/mol. The van der Waals surface area contributed by atoms with Gasteiger partial charge in [-0.2, -0.15) is 0 Å². The molecule has 2 rings (SSSR count). The Kier molecular flexibility index (Phi) is 2.65. The standard InChI is InChI=1S/C9H10ClNOS/c1-13-8-5-4-7(9(10)11-8)12-6-2-3-6/h4-6H,2-3H2,1H3. The second-order valence-corrected chi connectivity index (χ2v) is 4.14. The lowest BCUT2D eigenvalue weighted by Gasteiger charge is -2.06. The van der Waals surface area contributed by atoms with Gasteiger partial charge < -0.3 is 4.74 Å². The molecule has 0 unspecified atom stereocenters. The molecule has 70 valence electrons. The maximum Gasteiger partial charge on any atom is 0.172 e. The highest BCUT2D eigenvalue weighted by atomic mass is 35.5. The van der Waals surface area contributed by atoms with E-state index in [0.717, 1.165) is 17.9 Å². The highest BCUT2D eigenvalue weighted by Crippen LogP contribution is 2.31. The van der Waals surface area contributed by atoms with Gasteiger partial charge in [0.1, 0.15) is 0 Å². The van der Waals surface area contributed by atoms with Gasteiger partial charge in [-0.3, -0.25) is 0 Å². The summed E-state index contributed by atoms with van der Waals surface area (Å²) >= 11 is 7.51. The van der Waals surface area contributed by atoms with Gasteiger partial charge in [0.05, 0.1) is 11.1 Å². The highest BCUT2D eigenvalue weighted by Gasteiger charge is 2.24. The van der Waals surface area contributed by atoms with E-state index in [1.807, 2.05) is 18.4 Å². The van der Waals surface area contributed by atoms with Crippen LogP contribution >= 0.6 is 23.4 Å². The summed E-state index contributed by atoms with van der Waals surface area (Å²) in [5, 5.41) is 1.40. The van der Waals surface area contributed by atoms with Gasteiger partial charge in [-0.25, -0.2) is 4.98 Å². The number of nitrogens with zero attached hydrogens (tertiary/aromatic N) is 1. The van der Waals surface area contributed by atoms with Crippen molar-refractivity contribution in [2.75, 3.05) is 6.26 Å². The normalized spacial score (nSPS) is 15.8. The Morgan fingerprint density at radius 3 is 2.85 bits per heavy atom. The maximum atomic E-state index is 5.93. The van der Waals surface area contributed by atoms with E-state index < -0.39 is 0 Å². The van der Waals surface area contributed by atoms with Crippen molar-refractivity contribution in [1.29, 1.82) is 0 Å². The van der Waals surface area contributed by atoms with Crippen LogP contribution in [0.5, 0.6) is 5.75 Å². The van der Waals surface area contributed by atoms with E-state index in [1.54, 1.807) is 11.8 Å². The lowest BCUT2D eigenvalue weighted by Crippen LogP contribution is -1.97. The van der Waals surface area contributed by atoms with Crippen molar-refractivity contribution in [3.8, 4) is 5.75 Å². The summed E-state index contributed by atoms with van der Waals surface area (Å²) < 4.78 is 5.55. The molecule has 0 N–H and O–H groups in total. The second kappa shape index (κ2) is 3.76. The molecule has 0 aromatic carbocycles. The van der Waals surface area contributed by atoms with Crippen molar-refractivity contribution in [3.63, 3.8) is 0 Å². The SMILES string of the molecule is CSc1ccc(OC2CC2)c(Cl)n1. The summed E-state index contributed by atoms with van der Waals surface area (Å²) in [6.45, 7) is 0. The third kappa shape index (κ3) is 2.29. The number of hydrogen-bond donors (Lipinski definition) is 0. The van der Waals surface area contributed by atoms with Crippen LogP contribution in [-0.4, -0.2) is 17.3 Å². The van der Waals surface area contributed by atoms with Crippen LogP contribution in [0.4, 0.5) is 0 Å². The molecule has 0 aliphatic heterocycles. The molecule has 1 heterocycles. The molecule has 0 radical (unpaired) electrons. The Labute approximate surface area is 86.6 Å². The average Bonchev–Trinajstić information content (AvgIpc) is 2.92. The van der Waals surface area contributed by atoms with Gasteiger partial charge in [0.15, 0.2) is 10.9 Å². The minimum atomic E-state index is 0.374. The first-order chi connectivity index (χ1) is 6.29. The molecule has 13 heavy (non-hydrogen) atoms. The van der Waals surface area contributed by atoms with E-state index in [2.05, 4.69) is 4.98 Å². The van der Waals surface area contributed by atoms with Crippen LogP contribution in [0.1, 0.15) is 12.8 Å². The van der Waals surface area contributed by atoms with Crippen LogP contribution in [0.3, 0.4) is 0 Å². The molecule has 1 saturated carbocycles. The Bertz CT molecular complexity index is 314. The first kappa shape index (κ1) is 9.16. The molecule has 0 spiro atoms. The number of rotatable bonds is 3. The Morgan fingerprint density at radius 1 is 1.54 bits per heavy atom. The van der Waals surface area contributed by atoms with Gasteiger partial charge >= 0.3 is 0 Å². The van der Waals surface area contributed by atoms with E-state index in [4.69, 9.17) is 16.3 Å². The summed E-state index contributed by atoms with van der Waals surface area (Å²) in [7, 11) is 0. The fourth-order valence-corrected chi connectivity index (χ4v) is 1.61. The molecule has 0 amide bonds. The largest absolute Gasteiger partial charge is 0.487 e. The van der Waals surface area contributed by atoms with Gasteiger partial charge in [-0.05, 0) is 31.2 Å². The maximum absolute atomic E-state index is 5.93. The topological polar surface area (TPSA) is 22.1 Å². The summed E-state index contributed by atoms with van der Waals surface area (Å²) in [5.74, 6) is 0.710. The van der Waals surface area contributed by atoms with Crippen LogP contribution < -0.4 is 4.74 Å². The molecule has 1 aliphatic rings. The van der Waals surface area contributed by atoms with Gasteiger partial charge in [-0.15, -0.1) is 11.8 Å². The molecule has 1 aromatic heterocycles. The quantitative estimate of drug-likeness (QED) is 0.572. The van der Waals surface area contributed by atoms with Crippen LogP contribution in [0, 0.1) is 0 Å². The van der Waals surface area contributed by atoms with Crippen molar-refractivity contribution < 1.29 is 4.74 Å². The third-order valence-electron chi connectivity index (χ3n) is 1.82. The van der Waals surface area contributed by atoms with Crippen LogP contribution in [0.25, 0.3) is 0 Å². The van der Waals surface area contributed by atoms with Crippen LogP contribution in [0.2, 0.25) is 5.15 Å². The summed E-state index contributed by atoms with van der Waals surface area (Å²) in [5.41, 5.74) is 0. The summed E-state index contributed by atoms with van der Waals surface area (Å²) in [6, 6.07) is 3.81. The number of ether oxygens (including phenoxy) is 1. The highest BCUT2D eigenvalue weighted by molar-refractivity contribution is 7.98. The molecule has 0 atom stereocenters. The van der Waals surface area contributed by atoms with Crippen molar-refractivity contribution in [2.24, 2.45) is 0 Å².